The Hall–Kier alpha value is -3.07. The van der Waals surface area contributed by atoms with Crippen LogP contribution in [-0.4, -0.2) is 50.6 Å². The van der Waals surface area contributed by atoms with Gasteiger partial charge in [0.1, 0.15) is 5.75 Å². The van der Waals surface area contributed by atoms with Gasteiger partial charge < -0.3 is 14.6 Å². The van der Waals surface area contributed by atoms with Gasteiger partial charge in [0.05, 0.1) is 23.4 Å². The van der Waals surface area contributed by atoms with Crippen LogP contribution in [0.3, 0.4) is 0 Å². The standard InChI is InChI=1S/C21H23FN4O4/c1-12(2)19-18-16(30-11-13-4-7-29-8-5-13)10-15(21(27)28)24-20(18)26(25-19)14-3-6-23-17(22)9-14/h3,6,9-10,12-13H,4-5,7-8,11H2,1-2H3,(H,27,28). The molecule has 1 N–H and O–H groups in total. The van der Waals surface area contributed by atoms with Gasteiger partial charge in [-0.1, -0.05) is 13.8 Å². The van der Waals surface area contributed by atoms with Gasteiger partial charge >= 0.3 is 5.97 Å². The molecule has 9 heteroatoms. The second kappa shape index (κ2) is 8.35. The SMILES string of the molecule is CC(C)c1nn(-c2ccnc(F)c2)c2nc(C(=O)O)cc(OCC3CCOCC3)c12. The number of hydrogen-bond donors (Lipinski definition) is 1. The average Bonchev–Trinajstić information content (AvgIpc) is 3.13. The normalized spacial score (nSPS) is 15.1. The van der Waals surface area contributed by atoms with Crippen LogP contribution in [-0.2, 0) is 4.74 Å². The van der Waals surface area contributed by atoms with Crippen molar-refractivity contribution in [2.75, 3.05) is 19.8 Å². The molecule has 3 aromatic heterocycles. The van der Waals surface area contributed by atoms with Crippen LogP contribution >= 0.6 is 0 Å². The van der Waals surface area contributed by atoms with Gasteiger partial charge in [0.2, 0.25) is 5.95 Å². The highest BCUT2D eigenvalue weighted by Gasteiger charge is 2.24. The summed E-state index contributed by atoms with van der Waals surface area (Å²) in [4.78, 5) is 19.6. The van der Waals surface area contributed by atoms with Crippen LogP contribution in [0.15, 0.2) is 24.4 Å². The van der Waals surface area contributed by atoms with Crippen molar-refractivity contribution in [3.8, 4) is 11.4 Å². The summed E-state index contributed by atoms with van der Waals surface area (Å²) in [6.45, 7) is 5.80. The van der Waals surface area contributed by atoms with Crippen molar-refractivity contribution in [3.05, 3.63) is 41.7 Å². The van der Waals surface area contributed by atoms with E-state index in [1.807, 2.05) is 13.8 Å². The number of aromatic nitrogens is 4. The highest BCUT2D eigenvalue weighted by Crippen LogP contribution is 2.34. The molecule has 0 atom stereocenters. The summed E-state index contributed by atoms with van der Waals surface area (Å²) in [5.41, 5.74) is 1.26. The molecule has 0 saturated carbocycles. The molecule has 8 nitrogen and oxygen atoms in total. The number of rotatable bonds is 6. The second-order valence-electron chi connectivity index (χ2n) is 7.66. The first-order valence-corrected chi connectivity index (χ1v) is 9.93. The van der Waals surface area contributed by atoms with E-state index in [1.165, 1.54) is 23.0 Å². The lowest BCUT2D eigenvalue weighted by Gasteiger charge is -2.22. The quantitative estimate of drug-likeness (QED) is 0.616. The Morgan fingerprint density at radius 3 is 2.80 bits per heavy atom. The highest BCUT2D eigenvalue weighted by molar-refractivity contribution is 5.94. The molecule has 3 aromatic rings. The van der Waals surface area contributed by atoms with Gasteiger partial charge in [0.25, 0.3) is 0 Å². The minimum absolute atomic E-state index is 0.0170. The van der Waals surface area contributed by atoms with Crippen LogP contribution in [0.2, 0.25) is 0 Å². The molecule has 1 fully saturated rings. The van der Waals surface area contributed by atoms with Crippen LogP contribution in [0.1, 0.15) is 48.8 Å². The molecular formula is C21H23FN4O4. The maximum absolute atomic E-state index is 13.7. The second-order valence-corrected chi connectivity index (χ2v) is 7.66. The number of fused-ring (bicyclic) bond motifs is 1. The van der Waals surface area contributed by atoms with Gasteiger partial charge in [-0.15, -0.1) is 0 Å². The first kappa shape index (κ1) is 20.2. The Kier molecular flexibility index (Phi) is 5.63. The van der Waals surface area contributed by atoms with Crippen molar-refractivity contribution < 1.29 is 23.8 Å². The zero-order valence-corrected chi connectivity index (χ0v) is 16.8. The lowest BCUT2D eigenvalue weighted by Crippen LogP contribution is -2.21. The summed E-state index contributed by atoms with van der Waals surface area (Å²) in [6.07, 6.45) is 3.12. The molecular weight excluding hydrogens is 391 g/mol. The van der Waals surface area contributed by atoms with Crippen molar-refractivity contribution >= 4 is 17.0 Å². The summed E-state index contributed by atoms with van der Waals surface area (Å²) in [6, 6.07) is 4.26. The van der Waals surface area contributed by atoms with E-state index in [-0.39, 0.29) is 11.6 Å². The average molecular weight is 414 g/mol. The summed E-state index contributed by atoms with van der Waals surface area (Å²) in [5, 5.41) is 14.8. The van der Waals surface area contributed by atoms with Crippen molar-refractivity contribution in [2.45, 2.75) is 32.6 Å². The van der Waals surface area contributed by atoms with E-state index < -0.39 is 11.9 Å². The first-order valence-electron chi connectivity index (χ1n) is 9.93. The summed E-state index contributed by atoms with van der Waals surface area (Å²) in [7, 11) is 0. The molecule has 1 aliphatic rings. The summed E-state index contributed by atoms with van der Waals surface area (Å²) < 4.78 is 26.7. The molecule has 0 amide bonds. The van der Waals surface area contributed by atoms with Gasteiger partial charge in [-0.3, -0.25) is 0 Å². The van der Waals surface area contributed by atoms with Crippen molar-refractivity contribution in [2.24, 2.45) is 5.92 Å². The number of ether oxygens (including phenoxy) is 2. The fraction of sp³-hybridized carbons (Fsp3) is 0.429. The Balaban J connectivity index is 1.85. The van der Waals surface area contributed by atoms with Crippen LogP contribution in [0.25, 0.3) is 16.7 Å². The van der Waals surface area contributed by atoms with Gasteiger partial charge in [-0.05, 0) is 30.7 Å². The largest absolute Gasteiger partial charge is 0.492 e. The maximum Gasteiger partial charge on any atom is 0.354 e. The summed E-state index contributed by atoms with van der Waals surface area (Å²) >= 11 is 0. The number of carboxylic acids is 1. The van der Waals surface area contributed by atoms with Crippen molar-refractivity contribution in [1.29, 1.82) is 0 Å². The van der Waals surface area contributed by atoms with E-state index in [0.717, 1.165) is 12.8 Å². The molecule has 0 aliphatic carbocycles. The van der Waals surface area contributed by atoms with E-state index >= 15 is 0 Å². The van der Waals surface area contributed by atoms with Crippen LogP contribution in [0, 0.1) is 11.9 Å². The van der Waals surface area contributed by atoms with E-state index in [2.05, 4.69) is 15.1 Å². The van der Waals surface area contributed by atoms with Crippen LogP contribution in [0.5, 0.6) is 5.75 Å². The number of pyridine rings is 2. The Labute approximate surface area is 172 Å². The number of nitrogens with zero attached hydrogens (tertiary/aromatic N) is 4. The number of carboxylic acid groups (broad SMARTS) is 1. The maximum atomic E-state index is 13.7. The topological polar surface area (TPSA) is 99.4 Å². The van der Waals surface area contributed by atoms with Gasteiger partial charge in [-0.25, -0.2) is 19.4 Å². The minimum atomic E-state index is -1.17. The zero-order chi connectivity index (χ0) is 21.3. The molecule has 4 heterocycles. The monoisotopic (exact) mass is 414 g/mol. The zero-order valence-electron chi connectivity index (χ0n) is 16.8. The molecule has 1 aliphatic heterocycles. The molecule has 0 bridgehead atoms. The predicted octanol–water partition coefficient (Wildman–Crippen LogP) is 3.58. The fourth-order valence-electron chi connectivity index (χ4n) is 3.56. The van der Waals surface area contributed by atoms with Crippen LogP contribution < -0.4 is 4.74 Å². The molecule has 0 aromatic carbocycles. The van der Waals surface area contributed by atoms with Gasteiger partial charge in [-0.2, -0.15) is 9.49 Å². The van der Waals surface area contributed by atoms with E-state index in [1.54, 1.807) is 6.07 Å². The number of halogens is 1. The Morgan fingerprint density at radius 2 is 2.13 bits per heavy atom. The Bertz CT molecular complexity index is 1080. The fourth-order valence-corrected chi connectivity index (χ4v) is 3.56. The molecule has 0 radical (unpaired) electrons. The molecule has 1 saturated heterocycles. The minimum Gasteiger partial charge on any atom is -0.492 e. The molecule has 0 unspecified atom stereocenters. The van der Waals surface area contributed by atoms with Gasteiger partial charge in [0.15, 0.2) is 11.3 Å². The lowest BCUT2D eigenvalue weighted by molar-refractivity contribution is 0.0499. The van der Waals surface area contributed by atoms with E-state index in [0.29, 0.717) is 53.9 Å². The summed E-state index contributed by atoms with van der Waals surface area (Å²) in [5.74, 6) is -1.06. The molecule has 0 spiro atoms. The number of aromatic carboxylic acids is 1. The van der Waals surface area contributed by atoms with E-state index in [9.17, 15) is 14.3 Å². The third-order valence-electron chi connectivity index (χ3n) is 5.16. The van der Waals surface area contributed by atoms with Crippen LogP contribution in [0.4, 0.5) is 4.39 Å². The first-order chi connectivity index (χ1) is 14.4. The molecule has 158 valence electrons. The number of hydrogen-bond acceptors (Lipinski definition) is 6. The van der Waals surface area contributed by atoms with E-state index in [4.69, 9.17) is 9.47 Å². The van der Waals surface area contributed by atoms with Crippen molar-refractivity contribution in [3.63, 3.8) is 0 Å². The third kappa shape index (κ3) is 3.97. The third-order valence-corrected chi connectivity index (χ3v) is 5.16. The smallest absolute Gasteiger partial charge is 0.354 e. The highest BCUT2D eigenvalue weighted by atomic mass is 19.1. The predicted molar refractivity (Wildman–Crippen MR) is 107 cm³/mol. The number of carbonyl (C=O) groups is 1. The molecule has 4 rings (SSSR count). The molecule has 30 heavy (non-hydrogen) atoms. The lowest BCUT2D eigenvalue weighted by atomic mass is 10.0. The Morgan fingerprint density at radius 1 is 1.37 bits per heavy atom. The van der Waals surface area contributed by atoms with Crippen molar-refractivity contribution in [1.82, 2.24) is 19.7 Å². The van der Waals surface area contributed by atoms with Gasteiger partial charge in [0, 0.05) is 31.5 Å².